The number of H-pyrrole nitrogens is 1. The number of hydrogen-bond acceptors (Lipinski definition) is 2. The Morgan fingerprint density at radius 1 is 1.30 bits per heavy atom. The van der Waals surface area contributed by atoms with Gasteiger partial charge in [-0.15, -0.1) is 0 Å². The third-order valence-corrected chi connectivity index (χ3v) is 2.68. The number of halogens is 3. The molecule has 0 fully saturated rings. The highest BCUT2D eigenvalue weighted by molar-refractivity contribution is 5.95. The third kappa shape index (κ3) is 3.37. The monoisotopic (exact) mass is 283 g/mol. The Labute approximate surface area is 113 Å². The summed E-state index contributed by atoms with van der Waals surface area (Å²) in [5.41, 5.74) is -1.31. The van der Waals surface area contributed by atoms with Crippen molar-refractivity contribution in [1.29, 1.82) is 0 Å². The molecule has 1 aromatic heterocycles. The van der Waals surface area contributed by atoms with E-state index in [1.807, 2.05) is 0 Å². The molecule has 0 aliphatic heterocycles. The van der Waals surface area contributed by atoms with Crippen molar-refractivity contribution in [3.8, 4) is 0 Å². The number of amides is 1. The normalized spacial score (nSPS) is 11.3. The van der Waals surface area contributed by atoms with Crippen LogP contribution in [0.2, 0.25) is 0 Å². The molecule has 0 aliphatic carbocycles. The Balaban J connectivity index is 2.02. The van der Waals surface area contributed by atoms with E-state index in [2.05, 4.69) is 15.3 Å². The highest BCUT2D eigenvalue weighted by atomic mass is 19.4. The molecule has 0 radical (unpaired) electrons. The second-order valence-electron chi connectivity index (χ2n) is 4.09. The lowest BCUT2D eigenvalue weighted by atomic mass is 10.1. The van der Waals surface area contributed by atoms with Gasteiger partial charge in [0, 0.05) is 25.4 Å². The summed E-state index contributed by atoms with van der Waals surface area (Å²) < 4.78 is 38.3. The average Bonchev–Trinajstić information content (AvgIpc) is 2.91. The Bertz CT molecular complexity index is 579. The lowest BCUT2D eigenvalue weighted by molar-refractivity contribution is -0.137. The number of hydrogen-bond donors (Lipinski definition) is 2. The molecule has 106 valence electrons. The SMILES string of the molecule is O=C(NCCc1ncc[nH]1)c1ccccc1C(F)(F)F. The molecule has 0 saturated carbocycles. The van der Waals surface area contributed by atoms with E-state index in [-0.39, 0.29) is 12.1 Å². The van der Waals surface area contributed by atoms with Crippen molar-refractivity contribution in [1.82, 2.24) is 15.3 Å². The molecule has 20 heavy (non-hydrogen) atoms. The van der Waals surface area contributed by atoms with Crippen LogP contribution in [0.4, 0.5) is 13.2 Å². The van der Waals surface area contributed by atoms with E-state index in [1.54, 1.807) is 12.4 Å². The molecule has 0 aliphatic rings. The van der Waals surface area contributed by atoms with E-state index in [0.717, 1.165) is 12.1 Å². The maximum atomic E-state index is 12.8. The number of aromatic amines is 1. The van der Waals surface area contributed by atoms with Crippen LogP contribution in [-0.2, 0) is 12.6 Å². The van der Waals surface area contributed by atoms with E-state index >= 15 is 0 Å². The first kappa shape index (κ1) is 14.1. The minimum Gasteiger partial charge on any atom is -0.352 e. The summed E-state index contributed by atoms with van der Waals surface area (Å²) in [5, 5.41) is 2.45. The number of benzene rings is 1. The molecule has 7 heteroatoms. The van der Waals surface area contributed by atoms with Gasteiger partial charge >= 0.3 is 6.18 Å². The summed E-state index contributed by atoms with van der Waals surface area (Å²) in [6.07, 6.45) is -0.923. The Kier molecular flexibility index (Phi) is 4.07. The lowest BCUT2D eigenvalue weighted by Gasteiger charge is -2.12. The van der Waals surface area contributed by atoms with Crippen LogP contribution in [0.25, 0.3) is 0 Å². The van der Waals surface area contributed by atoms with E-state index in [0.29, 0.717) is 12.2 Å². The van der Waals surface area contributed by atoms with E-state index in [9.17, 15) is 18.0 Å². The minimum absolute atomic E-state index is 0.207. The lowest BCUT2D eigenvalue weighted by Crippen LogP contribution is -2.28. The summed E-state index contributed by atoms with van der Waals surface area (Å²) in [4.78, 5) is 18.6. The number of nitrogens with zero attached hydrogens (tertiary/aromatic N) is 1. The molecule has 0 unspecified atom stereocenters. The van der Waals surface area contributed by atoms with Gasteiger partial charge in [-0.25, -0.2) is 4.98 Å². The highest BCUT2D eigenvalue weighted by Crippen LogP contribution is 2.31. The molecule has 0 saturated heterocycles. The zero-order valence-electron chi connectivity index (χ0n) is 10.4. The maximum Gasteiger partial charge on any atom is 0.417 e. The fraction of sp³-hybridized carbons (Fsp3) is 0.231. The van der Waals surface area contributed by atoms with Gasteiger partial charge in [0.15, 0.2) is 0 Å². The zero-order chi connectivity index (χ0) is 14.6. The van der Waals surface area contributed by atoms with Gasteiger partial charge in [-0.05, 0) is 12.1 Å². The van der Waals surface area contributed by atoms with E-state index < -0.39 is 17.6 Å². The van der Waals surface area contributed by atoms with Gasteiger partial charge in [-0.2, -0.15) is 13.2 Å². The molecule has 4 nitrogen and oxygen atoms in total. The molecule has 2 aromatic rings. The number of aromatic nitrogens is 2. The van der Waals surface area contributed by atoms with Crippen molar-refractivity contribution in [3.05, 3.63) is 53.6 Å². The number of alkyl halides is 3. The predicted molar refractivity (Wildman–Crippen MR) is 66.1 cm³/mol. The van der Waals surface area contributed by atoms with E-state index in [4.69, 9.17) is 0 Å². The zero-order valence-corrected chi connectivity index (χ0v) is 10.4. The quantitative estimate of drug-likeness (QED) is 0.905. The van der Waals surface area contributed by atoms with Crippen LogP contribution in [0, 0.1) is 0 Å². The van der Waals surface area contributed by atoms with Gasteiger partial charge in [-0.1, -0.05) is 12.1 Å². The molecule has 2 N–H and O–H groups in total. The van der Waals surface area contributed by atoms with Crippen LogP contribution in [0.3, 0.4) is 0 Å². The van der Waals surface area contributed by atoms with Crippen LogP contribution in [0.5, 0.6) is 0 Å². The maximum absolute atomic E-state index is 12.8. The first-order chi connectivity index (χ1) is 9.48. The van der Waals surface area contributed by atoms with Gasteiger partial charge in [-0.3, -0.25) is 4.79 Å². The van der Waals surface area contributed by atoms with Crippen LogP contribution < -0.4 is 5.32 Å². The second-order valence-corrected chi connectivity index (χ2v) is 4.09. The summed E-state index contributed by atoms with van der Waals surface area (Å²) in [7, 11) is 0. The van der Waals surface area contributed by atoms with Crippen LogP contribution in [0.1, 0.15) is 21.7 Å². The van der Waals surface area contributed by atoms with Crippen molar-refractivity contribution >= 4 is 5.91 Å². The summed E-state index contributed by atoms with van der Waals surface area (Å²) >= 11 is 0. The molecular formula is C13H12F3N3O. The van der Waals surface area contributed by atoms with Crippen molar-refractivity contribution in [2.45, 2.75) is 12.6 Å². The van der Waals surface area contributed by atoms with Crippen molar-refractivity contribution in [3.63, 3.8) is 0 Å². The van der Waals surface area contributed by atoms with Crippen molar-refractivity contribution < 1.29 is 18.0 Å². The Hall–Kier alpha value is -2.31. The first-order valence-corrected chi connectivity index (χ1v) is 5.91. The van der Waals surface area contributed by atoms with Gasteiger partial charge in [0.2, 0.25) is 0 Å². The molecule has 1 heterocycles. The molecule has 0 bridgehead atoms. The molecule has 1 aromatic carbocycles. The number of rotatable bonds is 4. The van der Waals surface area contributed by atoms with E-state index in [1.165, 1.54) is 12.1 Å². The largest absolute Gasteiger partial charge is 0.417 e. The van der Waals surface area contributed by atoms with Crippen LogP contribution >= 0.6 is 0 Å². The average molecular weight is 283 g/mol. The molecule has 0 atom stereocenters. The number of nitrogens with one attached hydrogen (secondary N) is 2. The Morgan fingerprint density at radius 3 is 2.70 bits per heavy atom. The summed E-state index contributed by atoms with van der Waals surface area (Å²) in [6.45, 7) is 0.207. The number of carbonyl (C=O) groups is 1. The van der Waals surface area contributed by atoms with Gasteiger partial charge in [0.1, 0.15) is 5.82 Å². The number of imidazole rings is 1. The third-order valence-electron chi connectivity index (χ3n) is 2.68. The number of carbonyl (C=O) groups excluding carboxylic acids is 1. The van der Waals surface area contributed by atoms with Gasteiger partial charge in [0.05, 0.1) is 11.1 Å². The summed E-state index contributed by atoms with van der Waals surface area (Å²) in [6, 6.07) is 4.70. The molecule has 1 amide bonds. The summed E-state index contributed by atoms with van der Waals surface area (Å²) in [5.74, 6) is -0.0844. The molecule has 2 rings (SSSR count). The van der Waals surface area contributed by atoms with Gasteiger partial charge < -0.3 is 10.3 Å². The fourth-order valence-electron chi connectivity index (χ4n) is 1.75. The van der Waals surface area contributed by atoms with Crippen molar-refractivity contribution in [2.24, 2.45) is 0 Å². The van der Waals surface area contributed by atoms with Gasteiger partial charge in [0.25, 0.3) is 5.91 Å². The first-order valence-electron chi connectivity index (χ1n) is 5.91. The minimum atomic E-state index is -4.55. The smallest absolute Gasteiger partial charge is 0.352 e. The fourth-order valence-corrected chi connectivity index (χ4v) is 1.75. The standard InChI is InChI=1S/C13H12F3N3O/c14-13(15,16)10-4-2-1-3-9(10)12(20)19-6-5-11-17-7-8-18-11/h1-4,7-8H,5-6H2,(H,17,18)(H,19,20). The second kappa shape index (κ2) is 5.77. The molecule has 0 spiro atoms. The molecular weight excluding hydrogens is 271 g/mol. The Morgan fingerprint density at radius 2 is 2.05 bits per heavy atom. The predicted octanol–water partition coefficient (Wildman–Crippen LogP) is 2.40. The topological polar surface area (TPSA) is 57.8 Å². The van der Waals surface area contributed by atoms with Crippen molar-refractivity contribution in [2.75, 3.05) is 6.54 Å². The highest BCUT2D eigenvalue weighted by Gasteiger charge is 2.34. The van der Waals surface area contributed by atoms with Crippen LogP contribution in [0.15, 0.2) is 36.7 Å². The van der Waals surface area contributed by atoms with Crippen LogP contribution in [-0.4, -0.2) is 22.4 Å².